The molecule has 0 saturated heterocycles. The molecule has 0 aliphatic rings. The van der Waals surface area contributed by atoms with Crippen molar-refractivity contribution >= 4 is 11.6 Å². The number of hydrogen-bond acceptors (Lipinski definition) is 4. The van der Waals surface area contributed by atoms with Gasteiger partial charge >= 0.3 is 6.18 Å². The van der Waals surface area contributed by atoms with Gasteiger partial charge in [0.25, 0.3) is 5.91 Å². The van der Waals surface area contributed by atoms with Crippen LogP contribution in [0, 0.1) is 13.8 Å². The summed E-state index contributed by atoms with van der Waals surface area (Å²) in [4.78, 5) is 13.0. The summed E-state index contributed by atoms with van der Waals surface area (Å²) in [5, 5.41) is 7.33. The number of aryl methyl sites for hydroxylation is 1. The van der Waals surface area contributed by atoms with Gasteiger partial charge in [-0.15, -0.1) is 0 Å². The number of rotatable bonds is 9. The second-order valence-corrected chi connectivity index (χ2v) is 8.75. The van der Waals surface area contributed by atoms with Crippen molar-refractivity contribution in [1.82, 2.24) is 9.78 Å². The van der Waals surface area contributed by atoms with E-state index in [2.05, 4.69) is 10.4 Å². The largest absolute Gasteiger partial charge is 0.494 e. The molecular weight excluding hydrogens is 495 g/mol. The monoisotopic (exact) mass is 523 g/mol. The first kappa shape index (κ1) is 26.8. The van der Waals surface area contributed by atoms with Crippen LogP contribution in [0.15, 0.2) is 72.8 Å². The van der Waals surface area contributed by atoms with E-state index >= 15 is 0 Å². The average molecular weight is 524 g/mol. The third-order valence-corrected chi connectivity index (χ3v) is 5.94. The highest BCUT2D eigenvalue weighted by Crippen LogP contribution is 2.30. The minimum absolute atomic E-state index is 0.144. The highest BCUT2D eigenvalue weighted by atomic mass is 19.4. The van der Waals surface area contributed by atoms with Gasteiger partial charge in [0.2, 0.25) is 0 Å². The van der Waals surface area contributed by atoms with Crippen LogP contribution in [0.1, 0.15) is 45.4 Å². The lowest BCUT2D eigenvalue weighted by atomic mass is 10.1. The molecule has 1 aromatic heterocycles. The molecule has 0 saturated carbocycles. The number of carbonyl (C=O) groups is 1. The molecule has 198 valence electrons. The van der Waals surface area contributed by atoms with Crippen LogP contribution in [0.3, 0.4) is 0 Å². The predicted molar refractivity (Wildman–Crippen MR) is 139 cm³/mol. The molecular formula is C29H28F3N3O3. The molecule has 0 radical (unpaired) electrons. The lowest BCUT2D eigenvalue weighted by molar-refractivity contribution is -0.137. The Morgan fingerprint density at radius 2 is 1.58 bits per heavy atom. The molecule has 0 atom stereocenters. The predicted octanol–water partition coefficient (Wildman–Crippen LogP) is 6.80. The van der Waals surface area contributed by atoms with Gasteiger partial charge < -0.3 is 14.8 Å². The second kappa shape index (κ2) is 11.4. The first-order valence-corrected chi connectivity index (χ1v) is 12.1. The third kappa shape index (κ3) is 6.53. The Morgan fingerprint density at radius 3 is 2.26 bits per heavy atom. The summed E-state index contributed by atoms with van der Waals surface area (Å²) in [6.45, 7) is 6.44. The highest BCUT2D eigenvalue weighted by Gasteiger charge is 2.30. The molecule has 0 bridgehead atoms. The molecule has 3 aromatic carbocycles. The van der Waals surface area contributed by atoms with Crippen LogP contribution < -0.4 is 14.8 Å². The Labute approximate surface area is 219 Å². The van der Waals surface area contributed by atoms with E-state index in [-0.39, 0.29) is 19.1 Å². The molecule has 0 unspecified atom stereocenters. The van der Waals surface area contributed by atoms with E-state index in [0.29, 0.717) is 40.6 Å². The zero-order valence-electron chi connectivity index (χ0n) is 21.3. The van der Waals surface area contributed by atoms with Gasteiger partial charge in [0.15, 0.2) is 0 Å². The first-order valence-electron chi connectivity index (χ1n) is 12.1. The molecule has 6 nitrogen and oxygen atoms in total. The van der Waals surface area contributed by atoms with E-state index in [1.807, 2.05) is 37.3 Å². The van der Waals surface area contributed by atoms with Crippen LogP contribution in [-0.4, -0.2) is 22.3 Å². The molecule has 0 fully saturated rings. The van der Waals surface area contributed by atoms with Gasteiger partial charge in [-0.25, -0.2) is 0 Å². The quantitative estimate of drug-likeness (QED) is 0.262. The van der Waals surface area contributed by atoms with Crippen LogP contribution in [0.25, 0.3) is 0 Å². The highest BCUT2D eigenvalue weighted by molar-refractivity contribution is 6.05. The molecule has 0 aliphatic carbocycles. The van der Waals surface area contributed by atoms with Gasteiger partial charge in [0.05, 0.1) is 35.8 Å². The van der Waals surface area contributed by atoms with Gasteiger partial charge in [0, 0.05) is 5.56 Å². The SMILES string of the molecule is CCOc1ccc(OCc2cccc(C(=O)Nc3c(C)nn(Cc4cccc(C(F)(F)F)c4)c3C)c2)cc1. The van der Waals surface area contributed by atoms with E-state index in [1.165, 1.54) is 6.07 Å². The normalized spacial score (nSPS) is 11.3. The fourth-order valence-corrected chi connectivity index (χ4v) is 4.00. The zero-order valence-corrected chi connectivity index (χ0v) is 21.3. The van der Waals surface area contributed by atoms with Crippen LogP contribution in [0.5, 0.6) is 11.5 Å². The van der Waals surface area contributed by atoms with Gasteiger partial charge in [-0.05, 0) is 80.4 Å². The Kier molecular flexibility index (Phi) is 8.05. The van der Waals surface area contributed by atoms with Crippen molar-refractivity contribution in [3.8, 4) is 11.5 Å². The molecule has 0 spiro atoms. The van der Waals surface area contributed by atoms with Crippen molar-refractivity contribution in [3.05, 3.63) is 106 Å². The fraction of sp³-hybridized carbons (Fsp3) is 0.241. The van der Waals surface area contributed by atoms with Crippen molar-refractivity contribution in [2.45, 2.75) is 40.1 Å². The summed E-state index contributed by atoms with van der Waals surface area (Å²) in [5.41, 5.74) is 2.75. The number of amides is 1. The van der Waals surface area contributed by atoms with Crippen LogP contribution in [-0.2, 0) is 19.3 Å². The number of hydrogen-bond donors (Lipinski definition) is 1. The Bertz CT molecular complexity index is 1410. The molecule has 1 heterocycles. The minimum atomic E-state index is -4.42. The summed E-state index contributed by atoms with van der Waals surface area (Å²) in [6, 6.07) is 19.6. The number of benzene rings is 3. The second-order valence-electron chi connectivity index (χ2n) is 8.75. The summed E-state index contributed by atoms with van der Waals surface area (Å²) in [5.74, 6) is 1.13. The molecule has 38 heavy (non-hydrogen) atoms. The minimum Gasteiger partial charge on any atom is -0.494 e. The summed E-state index contributed by atoms with van der Waals surface area (Å²) < 4.78 is 52.1. The number of aromatic nitrogens is 2. The number of ether oxygens (including phenoxy) is 2. The number of halogens is 3. The van der Waals surface area contributed by atoms with Crippen LogP contribution in [0.2, 0.25) is 0 Å². The number of carbonyl (C=O) groups excluding carboxylic acids is 1. The molecule has 0 aliphatic heterocycles. The lowest BCUT2D eigenvalue weighted by Gasteiger charge is -2.11. The Balaban J connectivity index is 1.43. The number of nitrogens with one attached hydrogen (secondary N) is 1. The molecule has 1 amide bonds. The van der Waals surface area contributed by atoms with Crippen molar-refractivity contribution < 1.29 is 27.4 Å². The number of nitrogens with zero attached hydrogens (tertiary/aromatic N) is 2. The first-order chi connectivity index (χ1) is 18.1. The molecule has 1 N–H and O–H groups in total. The Morgan fingerprint density at radius 1 is 0.921 bits per heavy atom. The fourth-order valence-electron chi connectivity index (χ4n) is 4.00. The maximum absolute atomic E-state index is 13.1. The van der Waals surface area contributed by atoms with Gasteiger partial charge in [-0.1, -0.05) is 24.3 Å². The smallest absolute Gasteiger partial charge is 0.416 e. The molecule has 4 aromatic rings. The van der Waals surface area contributed by atoms with Gasteiger partial charge in [-0.2, -0.15) is 18.3 Å². The summed E-state index contributed by atoms with van der Waals surface area (Å²) >= 11 is 0. The van der Waals surface area contributed by atoms with E-state index in [9.17, 15) is 18.0 Å². The topological polar surface area (TPSA) is 65.4 Å². The van der Waals surface area contributed by atoms with Crippen molar-refractivity contribution in [3.63, 3.8) is 0 Å². The number of anilines is 1. The maximum atomic E-state index is 13.1. The standard InChI is InChI=1S/C29H28F3N3O3/c1-4-37-25-11-13-26(14-12-25)38-18-22-8-5-9-23(15-22)28(36)33-27-19(2)34-35(20(27)3)17-21-7-6-10-24(16-21)29(30,31)32/h5-16H,4,17-18H2,1-3H3,(H,33,36). The molecule has 9 heteroatoms. The van der Waals surface area contributed by atoms with Crippen molar-refractivity contribution in [2.24, 2.45) is 0 Å². The van der Waals surface area contributed by atoms with E-state index in [4.69, 9.17) is 9.47 Å². The maximum Gasteiger partial charge on any atom is 0.416 e. The third-order valence-electron chi connectivity index (χ3n) is 5.94. The lowest BCUT2D eigenvalue weighted by Crippen LogP contribution is -2.14. The molecule has 4 rings (SSSR count). The van der Waals surface area contributed by atoms with E-state index in [1.54, 1.807) is 42.8 Å². The summed E-state index contributed by atoms with van der Waals surface area (Å²) in [7, 11) is 0. The Hall–Kier alpha value is -4.27. The van der Waals surface area contributed by atoms with Crippen LogP contribution in [0.4, 0.5) is 18.9 Å². The number of alkyl halides is 3. The average Bonchev–Trinajstić information content (AvgIpc) is 3.15. The van der Waals surface area contributed by atoms with Crippen molar-refractivity contribution in [1.29, 1.82) is 0 Å². The van der Waals surface area contributed by atoms with Crippen LogP contribution >= 0.6 is 0 Å². The van der Waals surface area contributed by atoms with E-state index < -0.39 is 11.7 Å². The summed E-state index contributed by atoms with van der Waals surface area (Å²) in [6.07, 6.45) is -4.42. The van der Waals surface area contributed by atoms with Gasteiger partial charge in [-0.3, -0.25) is 9.48 Å². The van der Waals surface area contributed by atoms with Crippen molar-refractivity contribution in [2.75, 3.05) is 11.9 Å². The van der Waals surface area contributed by atoms with E-state index in [0.717, 1.165) is 23.4 Å². The zero-order chi connectivity index (χ0) is 27.3. The van der Waals surface area contributed by atoms with Gasteiger partial charge in [0.1, 0.15) is 18.1 Å².